The lowest BCUT2D eigenvalue weighted by Crippen LogP contribution is -2.41. The molecular weight excluding hydrogens is 311 g/mol. The quantitative estimate of drug-likeness (QED) is 0.778. The first-order valence-corrected chi connectivity index (χ1v) is 8.45. The second-order valence-electron chi connectivity index (χ2n) is 6.20. The number of nitrogens with zero attached hydrogens (tertiary/aromatic N) is 1. The third kappa shape index (κ3) is 6.18. The molecule has 0 aliphatic carbocycles. The number of nitrogens with one attached hydrogen (secondary N) is 1. The summed E-state index contributed by atoms with van der Waals surface area (Å²) in [6, 6.07) is 5.98. The van der Waals surface area contributed by atoms with Gasteiger partial charge in [0.2, 0.25) is 11.8 Å². The summed E-state index contributed by atoms with van der Waals surface area (Å²) in [4.78, 5) is 24.9. The maximum Gasteiger partial charge on any atom is 0.222 e. The van der Waals surface area contributed by atoms with Crippen molar-refractivity contribution in [2.45, 2.75) is 32.6 Å². The van der Waals surface area contributed by atoms with Gasteiger partial charge in [0.25, 0.3) is 0 Å². The second kappa shape index (κ2) is 9.25. The second-order valence-corrected chi connectivity index (χ2v) is 6.20. The fourth-order valence-corrected chi connectivity index (χ4v) is 2.83. The number of ether oxygens (including phenoxy) is 1. The lowest BCUT2D eigenvalue weighted by atomic mass is 9.98. The number of benzene rings is 1. The number of carbonyl (C=O) groups excluding carboxylic acids is 2. The molecule has 1 saturated heterocycles. The van der Waals surface area contributed by atoms with Gasteiger partial charge in [-0.25, -0.2) is 4.39 Å². The minimum absolute atomic E-state index is 0.0709. The number of rotatable bonds is 7. The Kier molecular flexibility index (Phi) is 7.03. The molecule has 0 bridgehead atoms. The van der Waals surface area contributed by atoms with Crippen LogP contribution in [-0.2, 0) is 9.59 Å². The van der Waals surface area contributed by atoms with Crippen molar-refractivity contribution in [3.63, 3.8) is 0 Å². The SMILES string of the molecule is CC(=O)NCCCC(=O)N1CCC[C@@H](COc2ccc(F)cc2)C1. The highest BCUT2D eigenvalue weighted by molar-refractivity contribution is 5.76. The van der Waals surface area contributed by atoms with Crippen molar-refractivity contribution < 1.29 is 18.7 Å². The van der Waals surface area contributed by atoms with Crippen LogP contribution < -0.4 is 10.1 Å². The molecule has 5 nitrogen and oxygen atoms in total. The number of piperidine rings is 1. The first kappa shape index (κ1) is 18.2. The van der Waals surface area contributed by atoms with Gasteiger partial charge >= 0.3 is 0 Å². The Morgan fingerprint density at radius 3 is 2.79 bits per heavy atom. The molecule has 1 aromatic rings. The van der Waals surface area contributed by atoms with Crippen LogP contribution in [0.1, 0.15) is 32.6 Å². The van der Waals surface area contributed by atoms with Gasteiger partial charge in [0, 0.05) is 38.9 Å². The van der Waals surface area contributed by atoms with Crippen molar-refractivity contribution in [2.75, 3.05) is 26.2 Å². The zero-order chi connectivity index (χ0) is 17.4. The summed E-state index contributed by atoms with van der Waals surface area (Å²) in [5, 5.41) is 2.70. The Balaban J connectivity index is 1.71. The molecule has 0 spiro atoms. The monoisotopic (exact) mass is 336 g/mol. The van der Waals surface area contributed by atoms with Gasteiger partial charge in [-0.3, -0.25) is 9.59 Å². The number of hydrogen-bond donors (Lipinski definition) is 1. The summed E-state index contributed by atoms with van der Waals surface area (Å²) in [5.41, 5.74) is 0. The first-order valence-electron chi connectivity index (χ1n) is 8.45. The van der Waals surface area contributed by atoms with E-state index in [2.05, 4.69) is 5.32 Å². The smallest absolute Gasteiger partial charge is 0.222 e. The van der Waals surface area contributed by atoms with E-state index < -0.39 is 0 Å². The van der Waals surface area contributed by atoms with Crippen LogP contribution in [0.15, 0.2) is 24.3 Å². The van der Waals surface area contributed by atoms with E-state index in [9.17, 15) is 14.0 Å². The summed E-state index contributed by atoms with van der Waals surface area (Å²) >= 11 is 0. The molecule has 1 N–H and O–H groups in total. The number of amides is 2. The molecule has 1 fully saturated rings. The summed E-state index contributed by atoms with van der Waals surface area (Å²) < 4.78 is 18.6. The first-order chi connectivity index (χ1) is 11.5. The Hall–Kier alpha value is -2.11. The van der Waals surface area contributed by atoms with Gasteiger partial charge in [-0.15, -0.1) is 0 Å². The standard InChI is InChI=1S/C18H25FN2O3/c1-14(22)20-10-2-5-18(23)21-11-3-4-15(12-21)13-24-17-8-6-16(19)7-9-17/h6-9,15H,2-5,10-13H2,1H3,(H,20,22)/t15-/m1/s1. The summed E-state index contributed by atoms with van der Waals surface area (Å²) in [6.07, 6.45) is 3.10. The maximum atomic E-state index is 12.9. The highest BCUT2D eigenvalue weighted by Crippen LogP contribution is 2.20. The zero-order valence-electron chi connectivity index (χ0n) is 14.1. The third-order valence-corrected chi connectivity index (χ3v) is 4.11. The van der Waals surface area contributed by atoms with E-state index >= 15 is 0 Å². The molecule has 0 saturated carbocycles. The number of halogens is 1. The average Bonchev–Trinajstić information content (AvgIpc) is 2.58. The van der Waals surface area contributed by atoms with E-state index in [4.69, 9.17) is 4.74 Å². The van der Waals surface area contributed by atoms with Gasteiger partial charge in [0.05, 0.1) is 6.61 Å². The maximum absolute atomic E-state index is 12.9. The van der Waals surface area contributed by atoms with Crippen LogP contribution in [0.25, 0.3) is 0 Å². The van der Waals surface area contributed by atoms with Gasteiger partial charge in [-0.05, 0) is 43.5 Å². The van der Waals surface area contributed by atoms with E-state index in [1.807, 2.05) is 4.90 Å². The van der Waals surface area contributed by atoms with Crippen molar-refractivity contribution in [2.24, 2.45) is 5.92 Å². The van der Waals surface area contributed by atoms with Gasteiger partial charge in [0.1, 0.15) is 11.6 Å². The van der Waals surface area contributed by atoms with Crippen molar-refractivity contribution in [1.29, 1.82) is 0 Å². The molecule has 132 valence electrons. The van der Waals surface area contributed by atoms with E-state index in [0.29, 0.717) is 44.2 Å². The van der Waals surface area contributed by atoms with E-state index in [1.54, 1.807) is 12.1 Å². The lowest BCUT2D eigenvalue weighted by Gasteiger charge is -2.32. The van der Waals surface area contributed by atoms with Crippen LogP contribution in [0.5, 0.6) is 5.75 Å². The Labute approximate surface area is 142 Å². The molecule has 2 rings (SSSR count). The van der Waals surface area contributed by atoms with Crippen molar-refractivity contribution in [3.8, 4) is 5.75 Å². The van der Waals surface area contributed by atoms with Crippen LogP contribution in [0.4, 0.5) is 4.39 Å². The van der Waals surface area contributed by atoms with Crippen LogP contribution >= 0.6 is 0 Å². The van der Waals surface area contributed by atoms with Crippen molar-refractivity contribution >= 4 is 11.8 Å². The Morgan fingerprint density at radius 1 is 1.33 bits per heavy atom. The largest absolute Gasteiger partial charge is 0.493 e. The number of hydrogen-bond acceptors (Lipinski definition) is 3. The highest BCUT2D eigenvalue weighted by Gasteiger charge is 2.23. The summed E-state index contributed by atoms with van der Waals surface area (Å²) in [5.74, 6) is 0.722. The van der Waals surface area contributed by atoms with Gasteiger partial charge in [0.15, 0.2) is 0 Å². The molecule has 0 aromatic heterocycles. The van der Waals surface area contributed by atoms with Crippen LogP contribution in [0, 0.1) is 11.7 Å². The lowest BCUT2D eigenvalue weighted by molar-refractivity contribution is -0.133. The van der Waals surface area contributed by atoms with E-state index in [1.165, 1.54) is 19.1 Å². The van der Waals surface area contributed by atoms with Gasteiger partial charge in [-0.1, -0.05) is 0 Å². The van der Waals surface area contributed by atoms with Crippen LogP contribution in [-0.4, -0.2) is 43.0 Å². The van der Waals surface area contributed by atoms with Crippen molar-refractivity contribution in [1.82, 2.24) is 10.2 Å². The fourth-order valence-electron chi connectivity index (χ4n) is 2.83. The fraction of sp³-hybridized carbons (Fsp3) is 0.556. The summed E-state index contributed by atoms with van der Waals surface area (Å²) in [6.45, 7) is 4.01. The summed E-state index contributed by atoms with van der Waals surface area (Å²) in [7, 11) is 0. The molecular formula is C18H25FN2O3. The minimum Gasteiger partial charge on any atom is -0.493 e. The normalized spacial score (nSPS) is 17.4. The predicted molar refractivity (Wildman–Crippen MR) is 89.1 cm³/mol. The molecule has 1 aliphatic heterocycles. The predicted octanol–water partition coefficient (Wildman–Crippen LogP) is 2.36. The Morgan fingerprint density at radius 2 is 2.08 bits per heavy atom. The third-order valence-electron chi connectivity index (χ3n) is 4.11. The average molecular weight is 336 g/mol. The number of carbonyl (C=O) groups is 2. The van der Waals surface area contributed by atoms with E-state index in [0.717, 1.165) is 19.4 Å². The van der Waals surface area contributed by atoms with Crippen LogP contribution in [0.3, 0.4) is 0 Å². The molecule has 1 atom stereocenters. The number of likely N-dealkylation sites (tertiary alicyclic amines) is 1. The minimum atomic E-state index is -0.281. The topological polar surface area (TPSA) is 58.6 Å². The molecule has 0 radical (unpaired) electrons. The molecule has 0 unspecified atom stereocenters. The molecule has 24 heavy (non-hydrogen) atoms. The highest BCUT2D eigenvalue weighted by atomic mass is 19.1. The van der Waals surface area contributed by atoms with E-state index in [-0.39, 0.29) is 17.6 Å². The molecule has 1 aromatic carbocycles. The van der Waals surface area contributed by atoms with Gasteiger partial charge in [-0.2, -0.15) is 0 Å². The van der Waals surface area contributed by atoms with Gasteiger partial charge < -0.3 is 15.0 Å². The molecule has 1 heterocycles. The van der Waals surface area contributed by atoms with Crippen LogP contribution in [0.2, 0.25) is 0 Å². The Bertz CT molecular complexity index is 548. The zero-order valence-corrected chi connectivity index (χ0v) is 14.1. The molecule has 1 aliphatic rings. The van der Waals surface area contributed by atoms with Crippen molar-refractivity contribution in [3.05, 3.63) is 30.1 Å². The molecule has 6 heteroatoms. The molecule has 2 amide bonds.